The van der Waals surface area contributed by atoms with Crippen LogP contribution < -0.4 is 4.90 Å². The van der Waals surface area contributed by atoms with Crippen molar-refractivity contribution >= 4 is 28.0 Å². The largest absolute Gasteiger partial charge is 0.363 e. The summed E-state index contributed by atoms with van der Waals surface area (Å²) >= 11 is 3.37. The summed E-state index contributed by atoms with van der Waals surface area (Å²) in [5.41, 5.74) is 1.09. The number of aromatic nitrogens is 1. The third kappa shape index (κ3) is 2.80. The fraction of sp³-hybridized carbons (Fsp3) is 0.400. The molecular weight excluding hydrogens is 244 g/mol. The number of rotatable bonds is 4. The van der Waals surface area contributed by atoms with Crippen LogP contribution in [0.15, 0.2) is 16.7 Å². The van der Waals surface area contributed by atoms with Crippen LogP contribution in [-0.4, -0.2) is 25.4 Å². The number of hydrogen-bond donors (Lipinski definition) is 0. The van der Waals surface area contributed by atoms with Gasteiger partial charge in [-0.25, -0.2) is 4.98 Å². The molecule has 0 fully saturated rings. The molecule has 0 aromatic carbocycles. The van der Waals surface area contributed by atoms with Crippen molar-refractivity contribution < 1.29 is 4.79 Å². The Bertz CT molecular complexity index is 326. The second-order valence-electron chi connectivity index (χ2n) is 3.24. The predicted octanol–water partition coefficient (Wildman–Crippen LogP) is 2.04. The zero-order chi connectivity index (χ0) is 10.6. The fourth-order valence-corrected chi connectivity index (χ4v) is 1.65. The number of hydrogen-bond acceptors (Lipinski definition) is 3. The van der Waals surface area contributed by atoms with Crippen molar-refractivity contribution in [2.45, 2.75) is 12.8 Å². The Labute approximate surface area is 92.3 Å². The van der Waals surface area contributed by atoms with E-state index in [4.69, 9.17) is 0 Å². The lowest BCUT2D eigenvalue weighted by molar-refractivity contribution is -0.107. The van der Waals surface area contributed by atoms with Gasteiger partial charge in [0.2, 0.25) is 0 Å². The summed E-state index contributed by atoms with van der Waals surface area (Å²) < 4.78 is 0.948. The highest BCUT2D eigenvalue weighted by molar-refractivity contribution is 9.10. The smallest absolute Gasteiger partial charge is 0.131 e. The van der Waals surface area contributed by atoms with Gasteiger partial charge in [0.25, 0.3) is 0 Å². The van der Waals surface area contributed by atoms with Crippen molar-refractivity contribution in [3.63, 3.8) is 0 Å². The Kier molecular flexibility index (Phi) is 4.07. The van der Waals surface area contributed by atoms with E-state index >= 15 is 0 Å². The molecule has 1 aromatic heterocycles. The van der Waals surface area contributed by atoms with Crippen LogP contribution >= 0.6 is 15.9 Å². The molecule has 0 unspecified atom stereocenters. The first-order valence-electron chi connectivity index (χ1n) is 4.40. The second-order valence-corrected chi connectivity index (χ2v) is 4.15. The number of aldehydes is 1. The Morgan fingerprint density at radius 1 is 1.57 bits per heavy atom. The molecule has 14 heavy (non-hydrogen) atoms. The van der Waals surface area contributed by atoms with Crippen molar-refractivity contribution in [2.75, 3.05) is 19.0 Å². The summed E-state index contributed by atoms with van der Waals surface area (Å²) in [6.07, 6.45) is 3.97. The predicted molar refractivity (Wildman–Crippen MR) is 60.6 cm³/mol. The third-order valence-electron chi connectivity index (χ3n) is 1.86. The highest BCUT2D eigenvalue weighted by Crippen LogP contribution is 2.20. The molecule has 1 rings (SSSR count). The number of carbonyl (C=O) groups excluding carboxylic acids is 1. The number of carbonyl (C=O) groups is 1. The van der Waals surface area contributed by atoms with Crippen LogP contribution in [0.2, 0.25) is 0 Å². The second kappa shape index (κ2) is 5.10. The SMILES string of the molecule is CN(C)c1ncc(Br)cc1CCC=O. The summed E-state index contributed by atoms with van der Waals surface area (Å²) in [5, 5.41) is 0. The lowest BCUT2D eigenvalue weighted by Gasteiger charge is -2.15. The summed E-state index contributed by atoms with van der Waals surface area (Å²) in [6, 6.07) is 2.01. The number of pyridine rings is 1. The Balaban J connectivity index is 2.96. The molecule has 0 bridgehead atoms. The Hall–Kier alpha value is -0.900. The van der Waals surface area contributed by atoms with E-state index in [1.54, 1.807) is 6.20 Å². The van der Waals surface area contributed by atoms with Crippen LogP contribution in [0, 0.1) is 0 Å². The van der Waals surface area contributed by atoms with Crippen molar-refractivity contribution in [1.82, 2.24) is 4.98 Å². The summed E-state index contributed by atoms with van der Waals surface area (Å²) in [6.45, 7) is 0. The van der Waals surface area contributed by atoms with E-state index in [2.05, 4.69) is 20.9 Å². The maximum atomic E-state index is 10.3. The Morgan fingerprint density at radius 2 is 2.29 bits per heavy atom. The van der Waals surface area contributed by atoms with Crippen LogP contribution in [-0.2, 0) is 11.2 Å². The molecule has 0 saturated carbocycles. The molecule has 3 nitrogen and oxygen atoms in total. The van der Waals surface area contributed by atoms with E-state index in [0.29, 0.717) is 6.42 Å². The minimum atomic E-state index is 0.541. The molecule has 76 valence electrons. The van der Waals surface area contributed by atoms with Gasteiger partial charge in [0.15, 0.2) is 0 Å². The van der Waals surface area contributed by atoms with Crippen molar-refractivity contribution in [2.24, 2.45) is 0 Å². The topological polar surface area (TPSA) is 33.2 Å². The molecule has 0 radical (unpaired) electrons. The van der Waals surface area contributed by atoms with E-state index < -0.39 is 0 Å². The molecule has 0 atom stereocenters. The van der Waals surface area contributed by atoms with E-state index in [1.165, 1.54) is 0 Å². The summed E-state index contributed by atoms with van der Waals surface area (Å²) in [7, 11) is 3.89. The van der Waals surface area contributed by atoms with Gasteiger partial charge in [-0.2, -0.15) is 0 Å². The van der Waals surface area contributed by atoms with Crippen LogP contribution in [0.5, 0.6) is 0 Å². The van der Waals surface area contributed by atoms with Gasteiger partial charge in [-0.15, -0.1) is 0 Å². The minimum Gasteiger partial charge on any atom is -0.363 e. The van der Waals surface area contributed by atoms with Crippen LogP contribution in [0.25, 0.3) is 0 Å². The molecule has 0 amide bonds. The molecule has 0 spiro atoms. The van der Waals surface area contributed by atoms with Gasteiger partial charge in [0.05, 0.1) is 0 Å². The first-order chi connectivity index (χ1) is 6.65. The molecule has 1 aromatic rings. The van der Waals surface area contributed by atoms with Gasteiger partial charge < -0.3 is 9.69 Å². The lowest BCUT2D eigenvalue weighted by atomic mass is 10.1. The standard InChI is InChI=1S/C10H13BrN2O/c1-13(2)10-8(4-3-5-14)6-9(11)7-12-10/h5-7H,3-4H2,1-2H3. The maximum absolute atomic E-state index is 10.3. The molecule has 0 saturated heterocycles. The zero-order valence-electron chi connectivity index (χ0n) is 8.33. The molecule has 0 aliphatic heterocycles. The zero-order valence-corrected chi connectivity index (χ0v) is 9.91. The summed E-state index contributed by atoms with van der Waals surface area (Å²) in [4.78, 5) is 16.5. The Morgan fingerprint density at radius 3 is 2.86 bits per heavy atom. The maximum Gasteiger partial charge on any atom is 0.131 e. The molecular formula is C10H13BrN2O. The van der Waals surface area contributed by atoms with E-state index in [1.807, 2.05) is 25.1 Å². The van der Waals surface area contributed by atoms with Gasteiger partial charge in [-0.3, -0.25) is 0 Å². The normalized spacial score (nSPS) is 9.93. The lowest BCUT2D eigenvalue weighted by Crippen LogP contribution is -2.13. The van der Waals surface area contributed by atoms with E-state index in [9.17, 15) is 4.79 Å². The van der Waals surface area contributed by atoms with Crippen molar-refractivity contribution in [3.05, 3.63) is 22.3 Å². The average Bonchev–Trinajstić information content (AvgIpc) is 2.14. The third-order valence-corrected chi connectivity index (χ3v) is 2.30. The van der Waals surface area contributed by atoms with Gasteiger partial charge >= 0.3 is 0 Å². The van der Waals surface area contributed by atoms with Gasteiger partial charge in [-0.05, 0) is 34.0 Å². The average molecular weight is 257 g/mol. The monoisotopic (exact) mass is 256 g/mol. The van der Waals surface area contributed by atoms with Crippen molar-refractivity contribution in [1.29, 1.82) is 0 Å². The molecule has 1 heterocycles. The van der Waals surface area contributed by atoms with Crippen LogP contribution in [0.4, 0.5) is 5.82 Å². The minimum absolute atomic E-state index is 0.541. The highest BCUT2D eigenvalue weighted by atomic mass is 79.9. The van der Waals surface area contributed by atoms with Crippen LogP contribution in [0.3, 0.4) is 0 Å². The molecule has 0 N–H and O–H groups in total. The first-order valence-corrected chi connectivity index (χ1v) is 5.20. The first kappa shape index (κ1) is 11.2. The van der Waals surface area contributed by atoms with E-state index in [-0.39, 0.29) is 0 Å². The number of nitrogens with zero attached hydrogens (tertiary/aromatic N) is 2. The molecule has 4 heteroatoms. The number of aryl methyl sites for hydroxylation is 1. The van der Waals surface area contributed by atoms with E-state index in [0.717, 1.165) is 28.6 Å². The molecule has 0 aliphatic rings. The highest BCUT2D eigenvalue weighted by Gasteiger charge is 2.06. The van der Waals surface area contributed by atoms with Gasteiger partial charge in [-0.1, -0.05) is 0 Å². The quantitative estimate of drug-likeness (QED) is 0.774. The summed E-state index contributed by atoms with van der Waals surface area (Å²) in [5.74, 6) is 0.926. The van der Waals surface area contributed by atoms with Gasteiger partial charge in [0.1, 0.15) is 12.1 Å². The molecule has 0 aliphatic carbocycles. The van der Waals surface area contributed by atoms with Crippen molar-refractivity contribution in [3.8, 4) is 0 Å². The fourth-order valence-electron chi connectivity index (χ4n) is 1.28. The van der Waals surface area contributed by atoms with Crippen LogP contribution in [0.1, 0.15) is 12.0 Å². The number of halogens is 1. The number of anilines is 1. The van der Waals surface area contributed by atoms with Gasteiger partial charge in [0, 0.05) is 31.2 Å².